The van der Waals surface area contributed by atoms with Gasteiger partial charge in [0.05, 0.1) is 6.04 Å². The molecular weight excluding hydrogens is 242 g/mol. The minimum Gasteiger partial charge on any atom is -0.351 e. The Balaban J connectivity index is 2.62. The van der Waals surface area contributed by atoms with Gasteiger partial charge in [-0.1, -0.05) is 26.0 Å². The summed E-state index contributed by atoms with van der Waals surface area (Å²) in [5.74, 6) is -0.296. The monoisotopic (exact) mass is 263 g/mol. The number of amides is 2. The molecule has 0 fully saturated rings. The Bertz CT molecular complexity index is 456. The first-order chi connectivity index (χ1) is 8.90. The van der Waals surface area contributed by atoms with Crippen LogP contribution in [0.4, 0.5) is 5.69 Å². The van der Waals surface area contributed by atoms with E-state index in [1.807, 2.05) is 38.1 Å². The van der Waals surface area contributed by atoms with E-state index in [0.717, 1.165) is 11.3 Å². The van der Waals surface area contributed by atoms with E-state index in [1.54, 1.807) is 6.92 Å². The summed E-state index contributed by atoms with van der Waals surface area (Å²) in [6.07, 6.45) is 0. The second kappa shape index (κ2) is 6.89. The second-order valence-electron chi connectivity index (χ2n) is 4.85. The number of anilines is 1. The Hall–Kier alpha value is -1.88. The van der Waals surface area contributed by atoms with Crippen LogP contribution in [0.5, 0.6) is 0 Å². The molecule has 4 N–H and O–H groups in total. The molecule has 1 aromatic carbocycles. The Morgan fingerprint density at radius 3 is 2.47 bits per heavy atom. The second-order valence-corrected chi connectivity index (χ2v) is 4.85. The van der Waals surface area contributed by atoms with Gasteiger partial charge in [0, 0.05) is 18.2 Å². The lowest BCUT2D eigenvalue weighted by atomic mass is 10.1. The number of carbonyl (C=O) groups excluding carboxylic acids is 2. The molecule has 0 aliphatic rings. The number of hydrogen-bond donors (Lipinski definition) is 3. The van der Waals surface area contributed by atoms with Gasteiger partial charge in [0.1, 0.15) is 0 Å². The zero-order chi connectivity index (χ0) is 14.4. The first-order valence-electron chi connectivity index (χ1n) is 6.33. The van der Waals surface area contributed by atoms with Gasteiger partial charge < -0.3 is 16.4 Å². The number of nitrogens with two attached hydrogens (primary N) is 1. The van der Waals surface area contributed by atoms with Gasteiger partial charge >= 0.3 is 0 Å². The van der Waals surface area contributed by atoms with Gasteiger partial charge in [0.2, 0.25) is 11.8 Å². The fourth-order valence-electron chi connectivity index (χ4n) is 1.40. The fraction of sp³-hybridized carbons (Fsp3) is 0.429. The quantitative estimate of drug-likeness (QED) is 0.747. The van der Waals surface area contributed by atoms with Crippen molar-refractivity contribution in [2.45, 2.75) is 33.4 Å². The van der Waals surface area contributed by atoms with E-state index in [-0.39, 0.29) is 17.7 Å². The van der Waals surface area contributed by atoms with Crippen molar-refractivity contribution >= 4 is 17.5 Å². The summed E-state index contributed by atoms with van der Waals surface area (Å²) in [6.45, 7) is 5.70. The van der Waals surface area contributed by atoms with E-state index in [9.17, 15) is 9.59 Å². The van der Waals surface area contributed by atoms with Gasteiger partial charge in [-0.25, -0.2) is 0 Å². The van der Waals surface area contributed by atoms with Crippen molar-refractivity contribution in [1.82, 2.24) is 5.32 Å². The minimum atomic E-state index is -0.524. The normalized spacial score (nSPS) is 12.1. The van der Waals surface area contributed by atoms with Crippen LogP contribution < -0.4 is 16.4 Å². The van der Waals surface area contributed by atoms with Gasteiger partial charge in [0.15, 0.2) is 0 Å². The number of benzene rings is 1. The Morgan fingerprint density at radius 2 is 1.89 bits per heavy atom. The lowest BCUT2D eigenvalue weighted by Crippen LogP contribution is -2.37. The maximum atomic E-state index is 11.6. The highest BCUT2D eigenvalue weighted by atomic mass is 16.2. The summed E-state index contributed by atoms with van der Waals surface area (Å²) < 4.78 is 0. The van der Waals surface area contributed by atoms with E-state index in [4.69, 9.17) is 5.73 Å². The summed E-state index contributed by atoms with van der Waals surface area (Å²) in [6, 6.07) is 6.85. The lowest BCUT2D eigenvalue weighted by Gasteiger charge is -2.11. The zero-order valence-electron chi connectivity index (χ0n) is 11.6. The van der Waals surface area contributed by atoms with Crippen LogP contribution in [0.15, 0.2) is 24.3 Å². The first kappa shape index (κ1) is 15.2. The molecule has 0 saturated heterocycles. The predicted octanol–water partition coefficient (Wildman–Crippen LogP) is 1.24. The standard InChI is InChI=1S/C14H21N3O2/c1-9(2)13(18)17-12-6-4-5-11(7-12)8-16-14(19)10(3)15/h4-7,9-10H,8,15H2,1-3H3,(H,16,19)(H,17,18)/t10-/m0/s1. The van der Waals surface area contributed by atoms with Gasteiger partial charge in [0.25, 0.3) is 0 Å². The molecule has 1 aromatic rings. The third-order valence-corrected chi connectivity index (χ3v) is 2.60. The lowest BCUT2D eigenvalue weighted by molar-refractivity contribution is -0.122. The highest BCUT2D eigenvalue weighted by Crippen LogP contribution is 2.11. The van der Waals surface area contributed by atoms with E-state index in [2.05, 4.69) is 10.6 Å². The number of carbonyl (C=O) groups is 2. The molecule has 104 valence electrons. The van der Waals surface area contributed by atoms with Gasteiger partial charge in [-0.2, -0.15) is 0 Å². The van der Waals surface area contributed by atoms with Crippen LogP contribution in [0.25, 0.3) is 0 Å². The van der Waals surface area contributed by atoms with Crippen molar-refractivity contribution in [3.63, 3.8) is 0 Å². The highest BCUT2D eigenvalue weighted by Gasteiger charge is 2.08. The van der Waals surface area contributed by atoms with Crippen molar-refractivity contribution < 1.29 is 9.59 Å². The molecule has 0 aromatic heterocycles. The topological polar surface area (TPSA) is 84.2 Å². The largest absolute Gasteiger partial charge is 0.351 e. The molecule has 0 heterocycles. The maximum absolute atomic E-state index is 11.6. The van der Waals surface area contributed by atoms with Crippen LogP contribution in [0.2, 0.25) is 0 Å². The number of rotatable bonds is 5. The molecule has 0 saturated carbocycles. The van der Waals surface area contributed by atoms with Crippen LogP contribution in [0.1, 0.15) is 26.3 Å². The summed E-state index contributed by atoms with van der Waals surface area (Å²) >= 11 is 0. The van der Waals surface area contributed by atoms with Crippen molar-refractivity contribution in [1.29, 1.82) is 0 Å². The van der Waals surface area contributed by atoms with Crippen LogP contribution in [-0.2, 0) is 16.1 Å². The number of hydrogen-bond acceptors (Lipinski definition) is 3. The average Bonchev–Trinajstić information content (AvgIpc) is 2.36. The molecule has 0 bridgehead atoms. The summed E-state index contributed by atoms with van der Waals surface area (Å²) in [7, 11) is 0. The van der Waals surface area contributed by atoms with E-state index in [1.165, 1.54) is 0 Å². The smallest absolute Gasteiger partial charge is 0.236 e. The predicted molar refractivity (Wildman–Crippen MR) is 75.4 cm³/mol. The van der Waals surface area contributed by atoms with Gasteiger partial charge in [-0.15, -0.1) is 0 Å². The van der Waals surface area contributed by atoms with Crippen LogP contribution in [-0.4, -0.2) is 17.9 Å². The molecule has 19 heavy (non-hydrogen) atoms. The van der Waals surface area contributed by atoms with E-state index >= 15 is 0 Å². The van der Waals surface area contributed by atoms with Gasteiger partial charge in [-0.3, -0.25) is 9.59 Å². The average molecular weight is 263 g/mol. The Morgan fingerprint density at radius 1 is 1.21 bits per heavy atom. The molecule has 0 unspecified atom stereocenters. The fourth-order valence-corrected chi connectivity index (χ4v) is 1.40. The van der Waals surface area contributed by atoms with Crippen LogP contribution in [0, 0.1) is 5.92 Å². The summed E-state index contributed by atoms with van der Waals surface area (Å²) in [5, 5.41) is 5.54. The van der Waals surface area contributed by atoms with Crippen molar-refractivity contribution in [3.05, 3.63) is 29.8 Å². The van der Waals surface area contributed by atoms with E-state index in [0.29, 0.717) is 6.54 Å². The molecule has 5 nitrogen and oxygen atoms in total. The molecule has 1 atom stereocenters. The summed E-state index contributed by atoms with van der Waals surface area (Å²) in [4.78, 5) is 22.9. The van der Waals surface area contributed by atoms with E-state index < -0.39 is 6.04 Å². The van der Waals surface area contributed by atoms with Crippen molar-refractivity contribution in [3.8, 4) is 0 Å². The number of nitrogens with one attached hydrogen (secondary N) is 2. The Kier molecular flexibility index (Phi) is 5.51. The van der Waals surface area contributed by atoms with Crippen molar-refractivity contribution in [2.24, 2.45) is 11.7 Å². The van der Waals surface area contributed by atoms with Crippen LogP contribution in [0.3, 0.4) is 0 Å². The third kappa shape index (κ3) is 5.09. The molecule has 0 aliphatic carbocycles. The molecule has 0 radical (unpaired) electrons. The molecule has 0 aliphatic heterocycles. The van der Waals surface area contributed by atoms with Gasteiger partial charge in [-0.05, 0) is 24.6 Å². The maximum Gasteiger partial charge on any atom is 0.236 e. The molecule has 5 heteroatoms. The molecule has 0 spiro atoms. The zero-order valence-corrected chi connectivity index (χ0v) is 11.6. The molecular formula is C14H21N3O2. The van der Waals surface area contributed by atoms with Crippen LogP contribution >= 0.6 is 0 Å². The Labute approximate surface area is 113 Å². The highest BCUT2D eigenvalue weighted by molar-refractivity contribution is 5.92. The third-order valence-electron chi connectivity index (χ3n) is 2.60. The molecule has 1 rings (SSSR count). The SMILES string of the molecule is CC(C)C(=O)Nc1cccc(CNC(=O)[C@H](C)N)c1. The minimum absolute atomic E-state index is 0.0308. The molecule has 2 amide bonds. The first-order valence-corrected chi connectivity index (χ1v) is 6.33. The van der Waals surface area contributed by atoms with Crippen molar-refractivity contribution in [2.75, 3.05) is 5.32 Å². The summed E-state index contributed by atoms with van der Waals surface area (Å²) in [5.41, 5.74) is 7.10.